The monoisotopic (exact) mass is 355 g/mol. The molecule has 1 aromatic rings. The number of piperidine rings is 1. The molecule has 2 unspecified atom stereocenters. The number of hydrogen-bond donors (Lipinski definition) is 3. The lowest BCUT2D eigenvalue weighted by molar-refractivity contribution is -0.123. The number of nitrogens with zero attached hydrogens (tertiary/aromatic N) is 1. The van der Waals surface area contributed by atoms with Crippen LogP contribution in [-0.4, -0.2) is 36.1 Å². The predicted octanol–water partition coefficient (Wildman–Crippen LogP) is 2.73. The Hall–Kier alpha value is -2.50. The van der Waals surface area contributed by atoms with Crippen LogP contribution in [0, 0.1) is 5.92 Å². The van der Waals surface area contributed by atoms with Crippen molar-refractivity contribution in [3.63, 3.8) is 0 Å². The average molecular weight is 355 g/mol. The first-order valence-corrected chi connectivity index (χ1v) is 9.54. The molecule has 4 rings (SSSR count). The molecule has 2 amide bonds. The van der Waals surface area contributed by atoms with Crippen molar-refractivity contribution in [2.45, 2.75) is 44.6 Å². The van der Waals surface area contributed by atoms with Gasteiger partial charge in [0.1, 0.15) is 11.3 Å². The van der Waals surface area contributed by atoms with E-state index in [0.717, 1.165) is 38.0 Å². The zero-order valence-electron chi connectivity index (χ0n) is 14.8. The SMILES string of the molecule is O=C(Nc1ccc(N2CCCCC2)cc1)C1=C(O)C2CCCC2NC1=O. The van der Waals surface area contributed by atoms with Gasteiger partial charge in [0, 0.05) is 36.4 Å². The standard InChI is InChI=1S/C20H25N3O3/c24-18-15-5-4-6-16(15)22-20(26)17(18)19(25)21-13-7-9-14(10-8-13)23-11-2-1-3-12-23/h7-10,15-16,24H,1-6,11-12H2,(H,21,25)(H,22,26). The Bertz CT molecular complexity index is 735. The summed E-state index contributed by atoms with van der Waals surface area (Å²) < 4.78 is 0. The zero-order chi connectivity index (χ0) is 18.1. The molecule has 0 radical (unpaired) electrons. The Morgan fingerprint density at radius 3 is 2.54 bits per heavy atom. The minimum absolute atomic E-state index is 0.0390. The summed E-state index contributed by atoms with van der Waals surface area (Å²) in [7, 11) is 0. The van der Waals surface area contributed by atoms with Gasteiger partial charge >= 0.3 is 0 Å². The second kappa shape index (κ2) is 7.02. The minimum Gasteiger partial charge on any atom is -0.511 e. The lowest BCUT2D eigenvalue weighted by atomic mass is 9.92. The van der Waals surface area contributed by atoms with Crippen LogP contribution in [0.2, 0.25) is 0 Å². The molecule has 1 saturated carbocycles. The van der Waals surface area contributed by atoms with E-state index in [1.165, 1.54) is 19.3 Å². The zero-order valence-corrected chi connectivity index (χ0v) is 14.8. The molecule has 138 valence electrons. The van der Waals surface area contributed by atoms with Crippen molar-refractivity contribution in [3.05, 3.63) is 35.6 Å². The molecule has 2 atom stereocenters. The third kappa shape index (κ3) is 3.16. The minimum atomic E-state index is -0.545. The van der Waals surface area contributed by atoms with Crippen molar-refractivity contribution < 1.29 is 14.7 Å². The lowest BCUT2D eigenvalue weighted by Gasteiger charge is -2.29. The molecule has 0 bridgehead atoms. The molecular weight excluding hydrogens is 330 g/mol. The number of aliphatic hydroxyl groups excluding tert-OH is 1. The molecule has 2 aliphatic heterocycles. The van der Waals surface area contributed by atoms with Gasteiger partial charge in [0.05, 0.1) is 0 Å². The molecule has 0 aromatic heterocycles. The third-order valence-corrected chi connectivity index (χ3v) is 5.74. The van der Waals surface area contributed by atoms with Crippen molar-refractivity contribution in [2.75, 3.05) is 23.3 Å². The summed E-state index contributed by atoms with van der Waals surface area (Å²) in [6.07, 6.45) is 6.32. The number of carbonyl (C=O) groups is 2. The maximum atomic E-state index is 12.6. The van der Waals surface area contributed by atoms with E-state index in [1.54, 1.807) is 0 Å². The first kappa shape index (κ1) is 16.9. The van der Waals surface area contributed by atoms with Gasteiger partial charge in [0.2, 0.25) is 0 Å². The number of nitrogens with one attached hydrogen (secondary N) is 2. The van der Waals surface area contributed by atoms with Crippen molar-refractivity contribution in [2.24, 2.45) is 5.92 Å². The average Bonchev–Trinajstić information content (AvgIpc) is 3.12. The fourth-order valence-corrected chi connectivity index (χ4v) is 4.32. The van der Waals surface area contributed by atoms with E-state index >= 15 is 0 Å². The molecule has 6 nitrogen and oxygen atoms in total. The molecule has 26 heavy (non-hydrogen) atoms. The maximum absolute atomic E-state index is 12.6. The lowest BCUT2D eigenvalue weighted by Crippen LogP contribution is -2.46. The van der Waals surface area contributed by atoms with Gasteiger partial charge in [-0.2, -0.15) is 0 Å². The summed E-state index contributed by atoms with van der Waals surface area (Å²) >= 11 is 0. The fraction of sp³-hybridized carbons (Fsp3) is 0.500. The van der Waals surface area contributed by atoms with Gasteiger partial charge in [-0.25, -0.2) is 0 Å². The summed E-state index contributed by atoms with van der Waals surface area (Å²) in [4.78, 5) is 27.2. The summed E-state index contributed by atoms with van der Waals surface area (Å²) in [5.74, 6) is -1.21. The van der Waals surface area contributed by atoms with Crippen LogP contribution in [0.15, 0.2) is 35.6 Å². The highest BCUT2D eigenvalue weighted by molar-refractivity contribution is 6.23. The van der Waals surface area contributed by atoms with Crippen molar-refractivity contribution >= 4 is 23.2 Å². The van der Waals surface area contributed by atoms with E-state index in [0.29, 0.717) is 5.69 Å². The number of anilines is 2. The first-order chi connectivity index (χ1) is 12.6. The molecule has 2 fully saturated rings. The highest BCUT2D eigenvalue weighted by Crippen LogP contribution is 2.35. The van der Waals surface area contributed by atoms with Crippen molar-refractivity contribution in [1.29, 1.82) is 0 Å². The van der Waals surface area contributed by atoms with Crippen LogP contribution in [0.25, 0.3) is 0 Å². The second-order valence-electron chi connectivity index (χ2n) is 7.43. The third-order valence-electron chi connectivity index (χ3n) is 5.74. The first-order valence-electron chi connectivity index (χ1n) is 9.54. The Balaban J connectivity index is 1.47. The highest BCUT2D eigenvalue weighted by atomic mass is 16.3. The molecular formula is C20H25N3O3. The Morgan fingerprint density at radius 2 is 1.81 bits per heavy atom. The Morgan fingerprint density at radius 1 is 1.08 bits per heavy atom. The molecule has 6 heteroatoms. The summed E-state index contributed by atoms with van der Waals surface area (Å²) in [6.45, 7) is 2.13. The molecule has 2 heterocycles. The van der Waals surface area contributed by atoms with Crippen LogP contribution in [0.1, 0.15) is 38.5 Å². The smallest absolute Gasteiger partial charge is 0.264 e. The normalized spacial score (nSPS) is 25.7. The van der Waals surface area contributed by atoms with Crippen LogP contribution in [-0.2, 0) is 9.59 Å². The van der Waals surface area contributed by atoms with Gasteiger partial charge < -0.3 is 20.6 Å². The molecule has 1 aromatic carbocycles. The summed E-state index contributed by atoms with van der Waals surface area (Å²) in [5, 5.41) is 16.0. The second-order valence-corrected chi connectivity index (χ2v) is 7.43. The van der Waals surface area contributed by atoms with Crippen LogP contribution < -0.4 is 15.5 Å². The molecule has 0 spiro atoms. The number of rotatable bonds is 3. The van der Waals surface area contributed by atoms with E-state index in [1.807, 2.05) is 24.3 Å². The quantitative estimate of drug-likeness (QED) is 0.728. The summed E-state index contributed by atoms with van der Waals surface area (Å²) in [5.41, 5.74) is 1.62. The van der Waals surface area contributed by atoms with Gasteiger partial charge in [-0.1, -0.05) is 6.42 Å². The molecule has 3 N–H and O–H groups in total. The topological polar surface area (TPSA) is 81.7 Å². The van der Waals surface area contributed by atoms with Crippen LogP contribution in [0.5, 0.6) is 0 Å². The summed E-state index contributed by atoms with van der Waals surface area (Å²) in [6, 6.07) is 7.63. The van der Waals surface area contributed by atoms with Gasteiger partial charge in [-0.05, 0) is 56.4 Å². The van der Waals surface area contributed by atoms with E-state index in [9.17, 15) is 14.7 Å². The van der Waals surface area contributed by atoms with E-state index in [4.69, 9.17) is 0 Å². The van der Waals surface area contributed by atoms with Gasteiger partial charge in [0.25, 0.3) is 11.8 Å². The highest BCUT2D eigenvalue weighted by Gasteiger charge is 2.41. The van der Waals surface area contributed by atoms with Crippen LogP contribution in [0.4, 0.5) is 11.4 Å². The number of carbonyl (C=O) groups excluding carboxylic acids is 2. The van der Waals surface area contributed by atoms with E-state index in [-0.39, 0.29) is 23.3 Å². The fourth-order valence-electron chi connectivity index (χ4n) is 4.32. The number of fused-ring (bicyclic) bond motifs is 1. The van der Waals surface area contributed by atoms with Crippen LogP contribution in [0.3, 0.4) is 0 Å². The number of benzene rings is 1. The molecule has 1 saturated heterocycles. The van der Waals surface area contributed by atoms with Crippen molar-refractivity contribution in [3.8, 4) is 0 Å². The van der Waals surface area contributed by atoms with Crippen LogP contribution >= 0.6 is 0 Å². The Labute approximate surface area is 153 Å². The number of hydrogen-bond acceptors (Lipinski definition) is 4. The molecule has 3 aliphatic rings. The molecule has 1 aliphatic carbocycles. The number of aliphatic hydroxyl groups is 1. The van der Waals surface area contributed by atoms with Gasteiger partial charge in [-0.15, -0.1) is 0 Å². The largest absolute Gasteiger partial charge is 0.511 e. The Kier molecular flexibility index (Phi) is 4.57. The van der Waals surface area contributed by atoms with E-state index in [2.05, 4.69) is 15.5 Å². The van der Waals surface area contributed by atoms with Gasteiger partial charge in [0.15, 0.2) is 0 Å². The predicted molar refractivity (Wildman–Crippen MR) is 100 cm³/mol. The maximum Gasteiger partial charge on any atom is 0.264 e. The van der Waals surface area contributed by atoms with E-state index < -0.39 is 11.8 Å². The number of amides is 2. The van der Waals surface area contributed by atoms with Crippen molar-refractivity contribution in [1.82, 2.24) is 5.32 Å². The van der Waals surface area contributed by atoms with Gasteiger partial charge in [-0.3, -0.25) is 9.59 Å².